The quantitative estimate of drug-likeness (QED) is 0.896. The molecule has 0 saturated heterocycles. The zero-order valence-corrected chi connectivity index (χ0v) is 11.4. The van der Waals surface area contributed by atoms with Crippen LogP contribution in [-0.2, 0) is 4.79 Å². The summed E-state index contributed by atoms with van der Waals surface area (Å²) in [5.41, 5.74) is 0.357. The summed E-state index contributed by atoms with van der Waals surface area (Å²) in [6.07, 6.45) is -2.23. The molecule has 0 heterocycles. The average molecular weight is 295 g/mol. The predicted octanol–water partition coefficient (Wildman–Crippen LogP) is 2.67. The van der Waals surface area contributed by atoms with Gasteiger partial charge in [0, 0.05) is 28.3 Å². The maximum atomic E-state index is 10.8. The van der Waals surface area contributed by atoms with Gasteiger partial charge in [-0.05, 0) is 18.2 Å². The number of thioether (sulfide) groups is 1. The zero-order chi connectivity index (χ0) is 13.0. The van der Waals surface area contributed by atoms with Gasteiger partial charge in [0.15, 0.2) is 5.12 Å². The topological polar surface area (TPSA) is 57.5 Å². The lowest BCUT2D eigenvalue weighted by Crippen LogP contribution is -2.21. The van der Waals surface area contributed by atoms with Gasteiger partial charge in [0.1, 0.15) is 6.10 Å². The van der Waals surface area contributed by atoms with Crippen LogP contribution in [0.15, 0.2) is 18.2 Å². The third kappa shape index (κ3) is 4.48. The molecule has 0 aliphatic rings. The molecule has 0 aromatic heterocycles. The molecule has 0 radical (unpaired) electrons. The molecule has 1 rings (SSSR count). The minimum absolute atomic E-state index is 0.110. The van der Waals surface area contributed by atoms with Gasteiger partial charge >= 0.3 is 0 Å². The van der Waals surface area contributed by atoms with E-state index >= 15 is 0 Å². The molecule has 0 bridgehead atoms. The second kappa shape index (κ2) is 6.61. The molecule has 0 amide bonds. The van der Waals surface area contributed by atoms with E-state index in [1.165, 1.54) is 13.0 Å². The largest absolute Gasteiger partial charge is 0.389 e. The van der Waals surface area contributed by atoms with Crippen LogP contribution >= 0.6 is 35.0 Å². The second-order valence-corrected chi connectivity index (χ2v) is 5.52. The molecule has 0 spiro atoms. The van der Waals surface area contributed by atoms with Gasteiger partial charge in [0.25, 0.3) is 0 Å². The SMILES string of the molecule is CC(=O)SCC(O)C(O)c1cc(Cl)ccc1Cl. The summed E-state index contributed by atoms with van der Waals surface area (Å²) in [4.78, 5) is 10.8. The summed E-state index contributed by atoms with van der Waals surface area (Å²) in [5, 5.41) is 20.2. The van der Waals surface area contributed by atoms with Crippen molar-refractivity contribution in [2.75, 3.05) is 5.75 Å². The summed E-state index contributed by atoms with van der Waals surface area (Å²) in [6.45, 7) is 1.40. The summed E-state index contributed by atoms with van der Waals surface area (Å²) < 4.78 is 0. The smallest absolute Gasteiger partial charge is 0.185 e. The van der Waals surface area contributed by atoms with Crippen LogP contribution in [0.5, 0.6) is 0 Å². The van der Waals surface area contributed by atoms with Crippen molar-refractivity contribution in [1.29, 1.82) is 0 Å². The predicted molar refractivity (Wildman–Crippen MR) is 70.6 cm³/mol. The Balaban J connectivity index is 2.77. The third-order valence-corrected chi connectivity index (χ3v) is 3.59. The lowest BCUT2D eigenvalue weighted by atomic mass is 10.1. The molecule has 2 unspecified atom stereocenters. The van der Waals surface area contributed by atoms with Gasteiger partial charge in [0.05, 0.1) is 6.10 Å². The number of carbonyl (C=O) groups is 1. The maximum absolute atomic E-state index is 10.8. The lowest BCUT2D eigenvalue weighted by Gasteiger charge is -2.18. The van der Waals surface area contributed by atoms with Gasteiger partial charge in [0.2, 0.25) is 0 Å². The van der Waals surface area contributed by atoms with Gasteiger partial charge in [-0.3, -0.25) is 4.79 Å². The molecular formula is C11H12Cl2O3S. The van der Waals surface area contributed by atoms with E-state index in [0.29, 0.717) is 15.6 Å². The van der Waals surface area contributed by atoms with Crippen molar-refractivity contribution in [3.63, 3.8) is 0 Å². The highest BCUT2D eigenvalue weighted by Crippen LogP contribution is 2.29. The van der Waals surface area contributed by atoms with E-state index in [9.17, 15) is 15.0 Å². The number of rotatable bonds is 4. The molecule has 17 heavy (non-hydrogen) atoms. The number of halogens is 2. The Morgan fingerprint density at radius 2 is 2.06 bits per heavy atom. The first kappa shape index (κ1) is 14.8. The number of aliphatic hydroxyl groups excluding tert-OH is 2. The Morgan fingerprint density at radius 1 is 1.41 bits per heavy atom. The van der Waals surface area contributed by atoms with Crippen LogP contribution in [0.25, 0.3) is 0 Å². The first-order valence-electron chi connectivity index (χ1n) is 4.86. The Morgan fingerprint density at radius 3 is 2.65 bits per heavy atom. The van der Waals surface area contributed by atoms with E-state index in [0.717, 1.165) is 11.8 Å². The van der Waals surface area contributed by atoms with Gasteiger partial charge in [-0.25, -0.2) is 0 Å². The van der Waals surface area contributed by atoms with Crippen LogP contribution in [-0.4, -0.2) is 27.2 Å². The summed E-state index contributed by atoms with van der Waals surface area (Å²) >= 11 is 12.6. The molecule has 3 nitrogen and oxygen atoms in total. The van der Waals surface area contributed by atoms with E-state index in [1.54, 1.807) is 12.1 Å². The Kier molecular flexibility index (Phi) is 5.76. The van der Waals surface area contributed by atoms with E-state index < -0.39 is 12.2 Å². The van der Waals surface area contributed by atoms with Crippen molar-refractivity contribution in [3.05, 3.63) is 33.8 Å². The van der Waals surface area contributed by atoms with Crippen LogP contribution in [0.4, 0.5) is 0 Å². The van der Waals surface area contributed by atoms with Crippen molar-refractivity contribution in [1.82, 2.24) is 0 Å². The highest BCUT2D eigenvalue weighted by Gasteiger charge is 2.21. The zero-order valence-electron chi connectivity index (χ0n) is 9.06. The molecule has 6 heteroatoms. The van der Waals surface area contributed by atoms with Crippen molar-refractivity contribution in [3.8, 4) is 0 Å². The number of hydrogen-bond acceptors (Lipinski definition) is 4. The normalized spacial score (nSPS) is 14.4. The lowest BCUT2D eigenvalue weighted by molar-refractivity contribution is -0.109. The summed E-state index contributed by atoms with van der Waals surface area (Å²) in [6, 6.07) is 4.64. The molecule has 2 N–H and O–H groups in total. The van der Waals surface area contributed by atoms with Crippen LogP contribution < -0.4 is 0 Å². The first-order chi connectivity index (χ1) is 7.91. The standard InChI is InChI=1S/C11H12Cl2O3S/c1-6(14)17-5-10(15)11(16)8-4-7(12)2-3-9(8)13/h2-4,10-11,15-16H,5H2,1H3. The second-order valence-electron chi connectivity index (χ2n) is 3.48. The van der Waals surface area contributed by atoms with E-state index in [-0.39, 0.29) is 10.9 Å². The van der Waals surface area contributed by atoms with E-state index in [2.05, 4.69) is 0 Å². The fourth-order valence-corrected chi connectivity index (χ4v) is 2.24. The van der Waals surface area contributed by atoms with Crippen molar-refractivity contribution in [2.45, 2.75) is 19.1 Å². The Bertz CT molecular complexity index is 412. The number of hydrogen-bond donors (Lipinski definition) is 2. The minimum atomic E-state index is -1.16. The van der Waals surface area contributed by atoms with Gasteiger partial charge in [-0.15, -0.1) is 0 Å². The van der Waals surface area contributed by atoms with Crippen molar-refractivity contribution < 1.29 is 15.0 Å². The fourth-order valence-electron chi connectivity index (χ4n) is 1.24. The summed E-state index contributed by atoms with van der Waals surface area (Å²) in [5.74, 6) is 0.110. The van der Waals surface area contributed by atoms with Gasteiger partial charge in [-0.1, -0.05) is 35.0 Å². The molecule has 94 valence electrons. The number of carbonyl (C=O) groups excluding carboxylic acids is 1. The third-order valence-electron chi connectivity index (χ3n) is 2.10. The number of aliphatic hydroxyl groups is 2. The number of benzene rings is 1. The Hall–Kier alpha value is -0.260. The monoisotopic (exact) mass is 294 g/mol. The molecular weight excluding hydrogens is 283 g/mol. The molecule has 1 aromatic rings. The molecule has 2 atom stereocenters. The highest BCUT2D eigenvalue weighted by atomic mass is 35.5. The maximum Gasteiger partial charge on any atom is 0.185 e. The van der Waals surface area contributed by atoms with Crippen molar-refractivity contribution in [2.24, 2.45) is 0 Å². The molecule has 0 fully saturated rings. The van der Waals surface area contributed by atoms with Crippen LogP contribution in [0.1, 0.15) is 18.6 Å². The summed E-state index contributed by atoms with van der Waals surface area (Å²) in [7, 11) is 0. The molecule has 0 aliphatic heterocycles. The van der Waals surface area contributed by atoms with E-state index in [4.69, 9.17) is 23.2 Å². The van der Waals surface area contributed by atoms with Gasteiger partial charge in [-0.2, -0.15) is 0 Å². The van der Waals surface area contributed by atoms with E-state index in [1.807, 2.05) is 0 Å². The fraction of sp³-hybridized carbons (Fsp3) is 0.364. The highest BCUT2D eigenvalue weighted by molar-refractivity contribution is 8.13. The molecule has 1 aromatic carbocycles. The van der Waals surface area contributed by atoms with Gasteiger partial charge < -0.3 is 10.2 Å². The van der Waals surface area contributed by atoms with Crippen LogP contribution in [0.2, 0.25) is 10.0 Å². The van der Waals surface area contributed by atoms with Crippen LogP contribution in [0, 0.1) is 0 Å². The first-order valence-corrected chi connectivity index (χ1v) is 6.60. The van der Waals surface area contributed by atoms with Crippen LogP contribution in [0.3, 0.4) is 0 Å². The molecule has 0 saturated carbocycles. The Labute approximate surface area is 114 Å². The minimum Gasteiger partial charge on any atom is -0.389 e. The van der Waals surface area contributed by atoms with Crippen molar-refractivity contribution >= 4 is 40.1 Å². The average Bonchev–Trinajstić information content (AvgIpc) is 2.28. The molecule has 0 aliphatic carbocycles.